The van der Waals surface area contributed by atoms with Crippen molar-refractivity contribution in [3.05, 3.63) is 118 Å². The lowest BCUT2D eigenvalue weighted by atomic mass is 10.0. The molecule has 0 unspecified atom stereocenters. The highest BCUT2D eigenvalue weighted by atomic mass is 14.7. The molecule has 0 saturated carbocycles. The molecule has 31 heavy (non-hydrogen) atoms. The molecule has 0 fully saturated rings. The molecule has 5 rings (SSSR count). The summed E-state index contributed by atoms with van der Waals surface area (Å²) in [4.78, 5) is 3.33. The summed E-state index contributed by atoms with van der Waals surface area (Å²) in [5, 5.41) is 3.56. The Hall–Kier alpha value is -4.20. The molecule has 0 spiro atoms. The minimum Gasteiger partial charge on any atom is -0.360 e. The van der Waals surface area contributed by atoms with Crippen LogP contribution in [0.3, 0.4) is 0 Å². The second-order valence-corrected chi connectivity index (χ2v) is 7.86. The van der Waals surface area contributed by atoms with Crippen LogP contribution < -0.4 is 0 Å². The van der Waals surface area contributed by atoms with Crippen LogP contribution in [0.15, 0.2) is 85.1 Å². The first-order valence-electron chi connectivity index (χ1n) is 10.4. The van der Waals surface area contributed by atoms with Crippen LogP contribution >= 0.6 is 0 Å². The van der Waals surface area contributed by atoms with Gasteiger partial charge < -0.3 is 4.98 Å². The average Bonchev–Trinajstić information content (AvgIpc) is 3.28. The average molecular weight is 396 g/mol. The molecule has 146 valence electrons. The van der Waals surface area contributed by atoms with Crippen molar-refractivity contribution in [1.82, 2.24) is 4.98 Å². The van der Waals surface area contributed by atoms with Gasteiger partial charge in [-0.3, -0.25) is 0 Å². The van der Waals surface area contributed by atoms with E-state index in [1.54, 1.807) is 0 Å². The molecule has 0 amide bonds. The van der Waals surface area contributed by atoms with Gasteiger partial charge in [-0.1, -0.05) is 71.2 Å². The number of benzene rings is 4. The molecule has 1 heteroatoms. The number of rotatable bonds is 0. The van der Waals surface area contributed by atoms with E-state index in [0.717, 1.165) is 33.2 Å². The van der Waals surface area contributed by atoms with E-state index in [-0.39, 0.29) is 0 Å². The van der Waals surface area contributed by atoms with Gasteiger partial charge >= 0.3 is 0 Å². The number of hydrogen-bond acceptors (Lipinski definition) is 0. The summed E-state index contributed by atoms with van der Waals surface area (Å²) in [5.41, 5.74) is 7.55. The van der Waals surface area contributed by atoms with E-state index in [1.807, 2.05) is 12.3 Å². The second-order valence-electron chi connectivity index (χ2n) is 7.86. The third-order valence-electron chi connectivity index (χ3n) is 5.45. The van der Waals surface area contributed by atoms with E-state index < -0.39 is 0 Å². The molecule has 1 heterocycles. The van der Waals surface area contributed by atoms with Gasteiger partial charge in [0.15, 0.2) is 0 Å². The highest BCUT2D eigenvalue weighted by Gasteiger charge is 2.04. The van der Waals surface area contributed by atoms with Crippen LogP contribution in [-0.2, 0) is 0 Å². The van der Waals surface area contributed by atoms with Crippen LogP contribution in [0.5, 0.6) is 0 Å². The van der Waals surface area contributed by atoms with Gasteiger partial charge in [-0.05, 0) is 67.1 Å². The fraction of sp³-hybridized carbons (Fsp3) is 0.0667. The quantitative estimate of drug-likeness (QED) is 0.280. The molecule has 0 aliphatic carbocycles. The maximum Gasteiger partial charge on any atom is 0.0625 e. The summed E-state index contributed by atoms with van der Waals surface area (Å²) < 4.78 is 0. The lowest BCUT2D eigenvalue weighted by Crippen LogP contribution is -1.84. The SMILES string of the molecule is Cc1ccc(C#Cc2ccc(C#Cc3ccc4cc(C)ccc4c3)c3cc[nH]c23)cc1. The van der Waals surface area contributed by atoms with Crippen LogP contribution in [0.1, 0.15) is 33.4 Å². The summed E-state index contributed by atoms with van der Waals surface area (Å²) >= 11 is 0. The van der Waals surface area contributed by atoms with E-state index in [9.17, 15) is 0 Å². The van der Waals surface area contributed by atoms with Crippen molar-refractivity contribution in [2.24, 2.45) is 0 Å². The van der Waals surface area contributed by atoms with Gasteiger partial charge in [0.1, 0.15) is 0 Å². The molecule has 0 aliphatic heterocycles. The topological polar surface area (TPSA) is 15.8 Å². The Balaban J connectivity index is 1.49. The second kappa shape index (κ2) is 7.91. The summed E-state index contributed by atoms with van der Waals surface area (Å²) in [7, 11) is 0. The molecular weight excluding hydrogens is 374 g/mol. The fourth-order valence-corrected chi connectivity index (χ4v) is 3.73. The van der Waals surface area contributed by atoms with E-state index >= 15 is 0 Å². The summed E-state index contributed by atoms with van der Waals surface area (Å²) in [6.45, 7) is 4.20. The third-order valence-corrected chi connectivity index (χ3v) is 5.45. The lowest BCUT2D eigenvalue weighted by Gasteiger charge is -2.01. The van der Waals surface area contributed by atoms with Crippen molar-refractivity contribution < 1.29 is 0 Å². The van der Waals surface area contributed by atoms with Gasteiger partial charge in [0.25, 0.3) is 0 Å². The third kappa shape index (κ3) is 3.95. The Kier molecular flexibility index (Phi) is 4.80. The molecule has 1 N–H and O–H groups in total. The standard InChI is InChI=1S/C30H21N/c1-21-3-6-23(7-4-21)8-13-26-16-15-25(29-17-18-31-30(26)29)12-9-24-10-14-27-19-22(2)5-11-28(27)20-24/h3-7,10-11,14-20,31H,1-2H3. The van der Waals surface area contributed by atoms with E-state index in [4.69, 9.17) is 0 Å². The monoisotopic (exact) mass is 395 g/mol. The van der Waals surface area contributed by atoms with E-state index in [2.05, 4.69) is 115 Å². The van der Waals surface area contributed by atoms with Crippen LogP contribution in [0.2, 0.25) is 0 Å². The minimum atomic E-state index is 0.979. The summed E-state index contributed by atoms with van der Waals surface area (Å²) in [5.74, 6) is 13.3. The van der Waals surface area contributed by atoms with Crippen molar-refractivity contribution in [3.8, 4) is 23.7 Å². The van der Waals surface area contributed by atoms with Crippen LogP contribution in [-0.4, -0.2) is 4.98 Å². The van der Waals surface area contributed by atoms with Crippen molar-refractivity contribution >= 4 is 21.7 Å². The first-order valence-corrected chi connectivity index (χ1v) is 10.4. The number of fused-ring (bicyclic) bond motifs is 2. The molecular formula is C30H21N. The Labute approximate surface area is 182 Å². The zero-order valence-electron chi connectivity index (χ0n) is 17.6. The van der Waals surface area contributed by atoms with Gasteiger partial charge in [-0.25, -0.2) is 0 Å². The Morgan fingerprint density at radius 1 is 0.548 bits per heavy atom. The summed E-state index contributed by atoms with van der Waals surface area (Å²) in [6.07, 6.45) is 1.95. The molecule has 0 aliphatic rings. The predicted molar refractivity (Wildman–Crippen MR) is 130 cm³/mol. The molecule has 0 radical (unpaired) electrons. The number of hydrogen-bond donors (Lipinski definition) is 1. The van der Waals surface area contributed by atoms with Crippen molar-refractivity contribution in [2.45, 2.75) is 13.8 Å². The first kappa shape index (κ1) is 18.8. The minimum absolute atomic E-state index is 0.979. The first-order chi connectivity index (χ1) is 15.2. The maximum absolute atomic E-state index is 3.36. The van der Waals surface area contributed by atoms with Crippen molar-refractivity contribution in [1.29, 1.82) is 0 Å². The van der Waals surface area contributed by atoms with Gasteiger partial charge in [0.05, 0.1) is 5.52 Å². The molecule has 5 aromatic rings. The van der Waals surface area contributed by atoms with Crippen molar-refractivity contribution in [2.75, 3.05) is 0 Å². The number of aryl methyl sites for hydroxylation is 2. The van der Waals surface area contributed by atoms with Crippen LogP contribution in [0.4, 0.5) is 0 Å². The van der Waals surface area contributed by atoms with E-state index in [1.165, 1.54) is 21.9 Å². The number of nitrogens with one attached hydrogen (secondary N) is 1. The highest BCUT2D eigenvalue weighted by molar-refractivity contribution is 5.91. The summed E-state index contributed by atoms with van der Waals surface area (Å²) in [6, 6.07) is 27.3. The molecule has 1 nitrogen and oxygen atoms in total. The lowest BCUT2D eigenvalue weighted by molar-refractivity contribution is 1.46. The van der Waals surface area contributed by atoms with Crippen LogP contribution in [0.25, 0.3) is 21.7 Å². The zero-order valence-corrected chi connectivity index (χ0v) is 17.6. The smallest absolute Gasteiger partial charge is 0.0625 e. The Morgan fingerprint density at radius 3 is 2.06 bits per heavy atom. The van der Waals surface area contributed by atoms with Gasteiger partial charge in [0.2, 0.25) is 0 Å². The molecule has 4 aromatic carbocycles. The number of aromatic nitrogens is 1. The van der Waals surface area contributed by atoms with Crippen molar-refractivity contribution in [3.63, 3.8) is 0 Å². The molecule has 0 saturated heterocycles. The normalized spacial score (nSPS) is 10.4. The molecule has 0 atom stereocenters. The van der Waals surface area contributed by atoms with E-state index in [0.29, 0.717) is 0 Å². The number of aromatic amines is 1. The highest BCUT2D eigenvalue weighted by Crippen LogP contribution is 2.22. The van der Waals surface area contributed by atoms with Crippen LogP contribution in [0, 0.1) is 37.5 Å². The molecule has 0 bridgehead atoms. The van der Waals surface area contributed by atoms with Gasteiger partial charge in [-0.2, -0.15) is 0 Å². The Bertz CT molecular complexity index is 1540. The number of H-pyrrole nitrogens is 1. The van der Waals surface area contributed by atoms with Gasteiger partial charge in [0, 0.05) is 33.8 Å². The zero-order chi connectivity index (χ0) is 21.2. The van der Waals surface area contributed by atoms with Gasteiger partial charge in [-0.15, -0.1) is 0 Å². The Morgan fingerprint density at radius 2 is 1.19 bits per heavy atom. The fourth-order valence-electron chi connectivity index (χ4n) is 3.73. The molecule has 1 aromatic heterocycles. The largest absolute Gasteiger partial charge is 0.360 e. The maximum atomic E-state index is 3.36. The predicted octanol–water partition coefficient (Wildman–Crippen LogP) is 6.74.